The molecule has 0 spiro atoms. The summed E-state index contributed by atoms with van der Waals surface area (Å²) in [4.78, 5) is 2.52. The molecule has 0 bridgehead atoms. The minimum absolute atomic E-state index is 0.202. The standard InChI is InChI=1S/C14H32N4O2/c19-12-6-15-3-4-16-7-13-20-14-8-17-5-11-18-9-1-2-10-18/h15-17,19H,1-14H2. The van der Waals surface area contributed by atoms with Gasteiger partial charge in [0.05, 0.1) is 19.8 Å². The Morgan fingerprint density at radius 2 is 1.40 bits per heavy atom. The fourth-order valence-electron chi connectivity index (χ4n) is 2.26. The van der Waals surface area contributed by atoms with Crippen molar-refractivity contribution >= 4 is 0 Å². The van der Waals surface area contributed by atoms with Crippen LogP contribution in [0.2, 0.25) is 0 Å². The first-order valence-corrected chi connectivity index (χ1v) is 7.96. The predicted octanol–water partition coefficient (Wildman–Crippen LogP) is -1.14. The van der Waals surface area contributed by atoms with E-state index in [4.69, 9.17) is 9.84 Å². The van der Waals surface area contributed by atoms with Crippen LogP contribution in [0.5, 0.6) is 0 Å². The highest BCUT2D eigenvalue weighted by Gasteiger charge is 2.09. The number of aliphatic hydroxyl groups excluding tert-OH is 1. The summed E-state index contributed by atoms with van der Waals surface area (Å²) in [5, 5.41) is 18.4. The zero-order chi connectivity index (χ0) is 14.3. The van der Waals surface area contributed by atoms with E-state index in [9.17, 15) is 0 Å². The molecular weight excluding hydrogens is 256 g/mol. The number of rotatable bonds is 14. The van der Waals surface area contributed by atoms with Gasteiger partial charge in [0.25, 0.3) is 0 Å². The highest BCUT2D eigenvalue weighted by Crippen LogP contribution is 2.05. The Bertz CT molecular complexity index is 202. The number of nitrogens with one attached hydrogen (secondary N) is 3. The molecule has 6 nitrogen and oxygen atoms in total. The van der Waals surface area contributed by atoms with Gasteiger partial charge in [-0.1, -0.05) is 0 Å². The Hall–Kier alpha value is -0.240. The molecule has 0 amide bonds. The van der Waals surface area contributed by atoms with Crippen molar-refractivity contribution in [2.45, 2.75) is 12.8 Å². The summed E-state index contributed by atoms with van der Waals surface area (Å²) in [6.45, 7) is 10.8. The Morgan fingerprint density at radius 1 is 0.800 bits per heavy atom. The minimum Gasteiger partial charge on any atom is -0.395 e. The molecule has 6 heteroatoms. The number of ether oxygens (including phenoxy) is 1. The lowest BCUT2D eigenvalue weighted by atomic mass is 10.4. The van der Waals surface area contributed by atoms with Gasteiger partial charge in [0.15, 0.2) is 0 Å². The molecule has 120 valence electrons. The van der Waals surface area contributed by atoms with Crippen LogP contribution in [0.3, 0.4) is 0 Å². The van der Waals surface area contributed by atoms with Crippen molar-refractivity contribution in [3.63, 3.8) is 0 Å². The molecule has 1 rings (SSSR count). The van der Waals surface area contributed by atoms with Gasteiger partial charge < -0.3 is 30.7 Å². The van der Waals surface area contributed by atoms with Crippen molar-refractivity contribution in [1.82, 2.24) is 20.9 Å². The van der Waals surface area contributed by atoms with E-state index < -0.39 is 0 Å². The minimum atomic E-state index is 0.202. The van der Waals surface area contributed by atoms with Gasteiger partial charge in [-0.15, -0.1) is 0 Å². The van der Waals surface area contributed by atoms with Crippen molar-refractivity contribution in [2.24, 2.45) is 0 Å². The van der Waals surface area contributed by atoms with Crippen molar-refractivity contribution < 1.29 is 9.84 Å². The largest absolute Gasteiger partial charge is 0.395 e. The molecule has 4 N–H and O–H groups in total. The summed E-state index contributed by atoms with van der Waals surface area (Å²) in [7, 11) is 0. The molecule has 0 aromatic heterocycles. The average Bonchev–Trinajstić information content (AvgIpc) is 2.97. The van der Waals surface area contributed by atoms with E-state index >= 15 is 0 Å². The van der Waals surface area contributed by atoms with E-state index in [1.165, 1.54) is 32.5 Å². The smallest absolute Gasteiger partial charge is 0.0591 e. The first-order valence-electron chi connectivity index (χ1n) is 7.96. The SMILES string of the molecule is OCCNCCNCCOCCNCCN1CCCC1. The third-order valence-electron chi connectivity index (χ3n) is 3.42. The third kappa shape index (κ3) is 10.5. The molecule has 1 aliphatic rings. The van der Waals surface area contributed by atoms with Gasteiger partial charge in [-0.25, -0.2) is 0 Å². The van der Waals surface area contributed by atoms with E-state index in [0.29, 0.717) is 6.54 Å². The maximum Gasteiger partial charge on any atom is 0.0591 e. The molecule has 20 heavy (non-hydrogen) atoms. The molecule has 0 atom stereocenters. The summed E-state index contributed by atoms with van der Waals surface area (Å²) in [6.07, 6.45) is 2.73. The van der Waals surface area contributed by atoms with Gasteiger partial charge in [-0.2, -0.15) is 0 Å². The maximum atomic E-state index is 8.58. The van der Waals surface area contributed by atoms with Crippen LogP contribution in [0.15, 0.2) is 0 Å². The van der Waals surface area contributed by atoms with Crippen LogP contribution in [-0.4, -0.2) is 88.7 Å². The number of nitrogens with zero attached hydrogens (tertiary/aromatic N) is 1. The third-order valence-corrected chi connectivity index (χ3v) is 3.42. The molecular formula is C14H32N4O2. The van der Waals surface area contributed by atoms with Crippen LogP contribution >= 0.6 is 0 Å². The molecule has 1 aliphatic heterocycles. The van der Waals surface area contributed by atoms with Crippen LogP contribution in [0, 0.1) is 0 Å². The zero-order valence-electron chi connectivity index (χ0n) is 12.7. The van der Waals surface area contributed by atoms with E-state index in [1.54, 1.807) is 0 Å². The van der Waals surface area contributed by atoms with Crippen molar-refractivity contribution in [2.75, 3.05) is 78.7 Å². The Kier molecular flexibility index (Phi) is 12.2. The fourth-order valence-corrected chi connectivity index (χ4v) is 2.26. The predicted molar refractivity (Wildman–Crippen MR) is 82.2 cm³/mol. The number of likely N-dealkylation sites (tertiary alicyclic amines) is 1. The van der Waals surface area contributed by atoms with Crippen molar-refractivity contribution in [3.05, 3.63) is 0 Å². The Labute approximate surface area is 123 Å². The quantitative estimate of drug-likeness (QED) is 0.303. The van der Waals surface area contributed by atoms with Crippen molar-refractivity contribution in [3.8, 4) is 0 Å². The van der Waals surface area contributed by atoms with Crippen LogP contribution in [0.25, 0.3) is 0 Å². The van der Waals surface area contributed by atoms with Gasteiger partial charge in [0.2, 0.25) is 0 Å². The topological polar surface area (TPSA) is 68.8 Å². The van der Waals surface area contributed by atoms with Crippen molar-refractivity contribution in [1.29, 1.82) is 0 Å². The lowest BCUT2D eigenvalue weighted by Crippen LogP contribution is -2.32. The second-order valence-electron chi connectivity index (χ2n) is 5.13. The lowest BCUT2D eigenvalue weighted by Gasteiger charge is -2.14. The van der Waals surface area contributed by atoms with Crippen LogP contribution in [-0.2, 0) is 4.74 Å². The van der Waals surface area contributed by atoms with Crippen LogP contribution in [0.1, 0.15) is 12.8 Å². The average molecular weight is 288 g/mol. The molecule has 0 aromatic rings. The summed E-state index contributed by atoms with van der Waals surface area (Å²) < 4.78 is 5.53. The Morgan fingerprint density at radius 3 is 2.05 bits per heavy atom. The van der Waals surface area contributed by atoms with E-state index in [2.05, 4.69) is 20.9 Å². The zero-order valence-corrected chi connectivity index (χ0v) is 12.7. The van der Waals surface area contributed by atoms with Gasteiger partial charge in [0.1, 0.15) is 0 Å². The summed E-state index contributed by atoms with van der Waals surface area (Å²) >= 11 is 0. The van der Waals surface area contributed by atoms with Crippen LogP contribution < -0.4 is 16.0 Å². The van der Waals surface area contributed by atoms with E-state index in [1.807, 2.05) is 0 Å². The molecule has 0 radical (unpaired) electrons. The molecule has 0 unspecified atom stereocenters. The second-order valence-corrected chi connectivity index (χ2v) is 5.13. The number of hydrogen-bond acceptors (Lipinski definition) is 6. The molecule has 0 aromatic carbocycles. The second kappa shape index (κ2) is 13.7. The maximum absolute atomic E-state index is 8.58. The van der Waals surface area contributed by atoms with Gasteiger partial charge in [0, 0.05) is 45.8 Å². The number of hydrogen-bond donors (Lipinski definition) is 4. The fraction of sp³-hybridized carbons (Fsp3) is 1.00. The summed E-state index contributed by atoms with van der Waals surface area (Å²) in [6, 6.07) is 0. The van der Waals surface area contributed by atoms with Gasteiger partial charge in [-0.05, 0) is 25.9 Å². The van der Waals surface area contributed by atoms with Crippen LogP contribution in [0.4, 0.5) is 0 Å². The molecule has 1 heterocycles. The van der Waals surface area contributed by atoms with E-state index in [0.717, 1.165) is 45.9 Å². The summed E-state index contributed by atoms with van der Waals surface area (Å²) in [5.74, 6) is 0. The van der Waals surface area contributed by atoms with Gasteiger partial charge in [-0.3, -0.25) is 0 Å². The monoisotopic (exact) mass is 288 g/mol. The highest BCUT2D eigenvalue weighted by atomic mass is 16.5. The molecule has 0 saturated carbocycles. The molecule has 1 saturated heterocycles. The molecule has 1 fully saturated rings. The first kappa shape index (κ1) is 17.8. The summed E-state index contributed by atoms with van der Waals surface area (Å²) in [5.41, 5.74) is 0. The Balaban J connectivity index is 1.66. The first-order chi connectivity index (χ1) is 9.93. The normalized spacial score (nSPS) is 16.1. The molecule has 0 aliphatic carbocycles. The lowest BCUT2D eigenvalue weighted by molar-refractivity contribution is 0.137. The van der Waals surface area contributed by atoms with E-state index in [-0.39, 0.29) is 6.61 Å². The highest BCUT2D eigenvalue weighted by molar-refractivity contribution is 4.66. The van der Waals surface area contributed by atoms with Gasteiger partial charge >= 0.3 is 0 Å². The number of aliphatic hydroxyl groups is 1.